The fourth-order valence-corrected chi connectivity index (χ4v) is 5.60. The Morgan fingerprint density at radius 2 is 1.89 bits per heavy atom. The Morgan fingerprint density at radius 3 is 2.62 bits per heavy atom. The van der Waals surface area contributed by atoms with Crippen LogP contribution >= 0.6 is 11.3 Å². The molecule has 9 heteroatoms. The molecule has 1 aliphatic rings. The molecule has 0 fully saturated rings. The molecule has 1 unspecified atom stereocenters. The van der Waals surface area contributed by atoms with Crippen LogP contribution in [-0.2, 0) is 6.42 Å². The number of rotatable bonds is 9. The standard InChI is InChI=1S/C28H28FN3O4S/c1-4-5-6-13-35-19-10-7-17(8-11-19)24-23-25(33)20-15-18(29)9-12-21(20)36-26(23)27(34)32(24)28-31-30-22(37-28)14-16(2)3/h7-12,15-16,24H,4-6,13-14H2,1-3H3. The van der Waals surface area contributed by atoms with E-state index in [4.69, 9.17) is 9.15 Å². The number of aromatic nitrogens is 2. The van der Waals surface area contributed by atoms with Crippen LogP contribution in [0.4, 0.5) is 9.52 Å². The van der Waals surface area contributed by atoms with Gasteiger partial charge in [-0.1, -0.05) is 57.1 Å². The highest BCUT2D eigenvalue weighted by Crippen LogP contribution is 2.42. The van der Waals surface area contributed by atoms with Crippen molar-refractivity contribution in [2.75, 3.05) is 11.5 Å². The van der Waals surface area contributed by atoms with Crippen molar-refractivity contribution in [3.05, 3.63) is 80.4 Å². The number of hydrogen-bond donors (Lipinski definition) is 0. The average Bonchev–Trinajstić information content (AvgIpc) is 3.44. The summed E-state index contributed by atoms with van der Waals surface area (Å²) in [6.07, 6.45) is 3.90. The molecule has 3 heterocycles. The maximum absolute atomic E-state index is 14.0. The molecule has 0 saturated heterocycles. The predicted octanol–water partition coefficient (Wildman–Crippen LogP) is 6.30. The molecule has 1 aliphatic heterocycles. The van der Waals surface area contributed by atoms with Crippen molar-refractivity contribution >= 4 is 33.3 Å². The van der Waals surface area contributed by atoms with Crippen molar-refractivity contribution in [1.82, 2.24) is 10.2 Å². The SMILES string of the molecule is CCCCCOc1ccc(C2c3c(oc4ccc(F)cc4c3=O)C(=O)N2c2nnc(CC(C)C)s2)cc1. The molecule has 1 amide bonds. The number of benzene rings is 2. The van der Waals surface area contributed by atoms with Crippen molar-refractivity contribution in [3.63, 3.8) is 0 Å². The minimum absolute atomic E-state index is 0.0605. The molecular weight excluding hydrogens is 493 g/mol. The number of carbonyl (C=O) groups excluding carboxylic acids is 1. The van der Waals surface area contributed by atoms with Gasteiger partial charge in [0.05, 0.1) is 23.6 Å². The number of nitrogens with zero attached hydrogens (tertiary/aromatic N) is 3. The lowest BCUT2D eigenvalue weighted by Crippen LogP contribution is -2.29. The van der Waals surface area contributed by atoms with E-state index in [2.05, 4.69) is 31.0 Å². The Labute approximate surface area is 217 Å². The predicted molar refractivity (Wildman–Crippen MR) is 141 cm³/mol. The minimum Gasteiger partial charge on any atom is -0.494 e. The number of ether oxygens (including phenoxy) is 1. The van der Waals surface area contributed by atoms with Crippen molar-refractivity contribution in [1.29, 1.82) is 0 Å². The van der Waals surface area contributed by atoms with Gasteiger partial charge in [-0.05, 0) is 48.2 Å². The zero-order valence-corrected chi connectivity index (χ0v) is 21.8. The first-order chi connectivity index (χ1) is 17.9. The summed E-state index contributed by atoms with van der Waals surface area (Å²) in [4.78, 5) is 28.8. The second-order valence-electron chi connectivity index (χ2n) is 9.59. The van der Waals surface area contributed by atoms with Gasteiger partial charge in [-0.25, -0.2) is 4.39 Å². The lowest BCUT2D eigenvalue weighted by atomic mass is 9.98. The molecule has 2 aromatic carbocycles. The molecule has 4 aromatic rings. The number of carbonyl (C=O) groups is 1. The van der Waals surface area contributed by atoms with Gasteiger partial charge >= 0.3 is 0 Å². The van der Waals surface area contributed by atoms with Gasteiger partial charge in [0.1, 0.15) is 22.2 Å². The van der Waals surface area contributed by atoms with E-state index >= 15 is 0 Å². The van der Waals surface area contributed by atoms with E-state index in [0.29, 0.717) is 29.0 Å². The summed E-state index contributed by atoms with van der Waals surface area (Å²) in [6, 6.07) is 10.2. The first kappa shape index (κ1) is 25.1. The Bertz CT molecular complexity index is 1500. The molecule has 1 atom stereocenters. The molecular formula is C28H28FN3O4S. The third-order valence-corrected chi connectivity index (χ3v) is 7.23. The van der Waals surface area contributed by atoms with E-state index in [1.54, 1.807) is 0 Å². The number of unbranched alkanes of at least 4 members (excludes halogenated alkanes) is 2. The molecule has 0 aliphatic carbocycles. The summed E-state index contributed by atoms with van der Waals surface area (Å²) in [5.41, 5.74) is 0.577. The third-order valence-electron chi connectivity index (χ3n) is 6.29. The molecule has 0 saturated carbocycles. The average molecular weight is 522 g/mol. The summed E-state index contributed by atoms with van der Waals surface area (Å²) < 4.78 is 25.8. The van der Waals surface area contributed by atoms with E-state index in [1.807, 2.05) is 24.3 Å². The van der Waals surface area contributed by atoms with Gasteiger partial charge in [-0.15, -0.1) is 10.2 Å². The highest BCUT2D eigenvalue weighted by Gasteiger charge is 2.45. The van der Waals surface area contributed by atoms with Crippen LogP contribution in [0.2, 0.25) is 0 Å². The molecule has 0 N–H and O–H groups in total. The second-order valence-corrected chi connectivity index (χ2v) is 10.6. The van der Waals surface area contributed by atoms with Crippen LogP contribution in [0, 0.1) is 11.7 Å². The van der Waals surface area contributed by atoms with Gasteiger partial charge in [0.15, 0.2) is 5.43 Å². The minimum atomic E-state index is -0.791. The van der Waals surface area contributed by atoms with Gasteiger partial charge in [-0.3, -0.25) is 14.5 Å². The maximum atomic E-state index is 14.0. The Morgan fingerprint density at radius 1 is 1.11 bits per heavy atom. The quantitative estimate of drug-likeness (QED) is 0.240. The van der Waals surface area contributed by atoms with Crippen molar-refractivity contribution < 1.29 is 18.3 Å². The molecule has 7 nitrogen and oxygen atoms in total. The first-order valence-corrected chi connectivity index (χ1v) is 13.3. The van der Waals surface area contributed by atoms with Crippen LogP contribution in [-0.4, -0.2) is 22.7 Å². The zero-order valence-electron chi connectivity index (χ0n) is 21.0. The number of hydrogen-bond acceptors (Lipinski definition) is 7. The van der Waals surface area contributed by atoms with Gasteiger partial charge < -0.3 is 9.15 Å². The van der Waals surface area contributed by atoms with Crippen LogP contribution in [0.1, 0.15) is 72.8 Å². The Kier molecular flexibility index (Phi) is 7.06. The van der Waals surface area contributed by atoms with E-state index in [0.717, 1.165) is 36.8 Å². The third kappa shape index (κ3) is 4.87. The number of anilines is 1. The lowest BCUT2D eigenvalue weighted by Gasteiger charge is -2.22. The van der Waals surface area contributed by atoms with E-state index < -0.39 is 23.2 Å². The molecule has 0 bridgehead atoms. The van der Waals surface area contributed by atoms with Gasteiger partial charge in [0.2, 0.25) is 10.9 Å². The summed E-state index contributed by atoms with van der Waals surface area (Å²) in [5, 5.41) is 9.84. The largest absolute Gasteiger partial charge is 0.494 e. The van der Waals surface area contributed by atoms with Crippen LogP contribution in [0.5, 0.6) is 5.75 Å². The zero-order chi connectivity index (χ0) is 26.1. The summed E-state index contributed by atoms with van der Waals surface area (Å²) in [7, 11) is 0. The van der Waals surface area contributed by atoms with Crippen molar-refractivity contribution in [2.45, 2.75) is 52.5 Å². The Balaban J connectivity index is 1.60. The van der Waals surface area contributed by atoms with Crippen LogP contribution in [0.15, 0.2) is 51.7 Å². The van der Waals surface area contributed by atoms with Crippen molar-refractivity contribution in [3.8, 4) is 5.75 Å². The second kappa shape index (κ2) is 10.4. The molecule has 0 spiro atoms. The van der Waals surface area contributed by atoms with Gasteiger partial charge in [0.25, 0.3) is 5.91 Å². The van der Waals surface area contributed by atoms with Crippen molar-refractivity contribution in [2.24, 2.45) is 5.92 Å². The smallest absolute Gasteiger partial charge is 0.297 e. The summed E-state index contributed by atoms with van der Waals surface area (Å²) in [5.74, 6) is -0.00957. The summed E-state index contributed by atoms with van der Waals surface area (Å²) in [6.45, 7) is 6.92. The molecule has 5 rings (SSSR count). The van der Waals surface area contributed by atoms with E-state index in [-0.39, 0.29) is 22.3 Å². The normalized spacial score (nSPS) is 15.1. The lowest BCUT2D eigenvalue weighted by molar-refractivity contribution is 0.0970. The topological polar surface area (TPSA) is 85.5 Å². The van der Waals surface area contributed by atoms with Gasteiger partial charge in [0, 0.05) is 6.42 Å². The number of fused-ring (bicyclic) bond motifs is 2. The fraction of sp³-hybridized carbons (Fsp3) is 0.357. The van der Waals surface area contributed by atoms with E-state index in [9.17, 15) is 14.0 Å². The highest BCUT2D eigenvalue weighted by atomic mass is 32.1. The monoisotopic (exact) mass is 521 g/mol. The summed E-state index contributed by atoms with van der Waals surface area (Å²) >= 11 is 1.32. The maximum Gasteiger partial charge on any atom is 0.297 e. The number of amides is 1. The van der Waals surface area contributed by atoms with Gasteiger partial charge in [-0.2, -0.15) is 0 Å². The number of halogens is 1. The fourth-order valence-electron chi connectivity index (χ4n) is 4.52. The molecule has 192 valence electrons. The van der Waals surface area contributed by atoms with Crippen LogP contribution < -0.4 is 15.1 Å². The molecule has 37 heavy (non-hydrogen) atoms. The molecule has 0 radical (unpaired) electrons. The van der Waals surface area contributed by atoms with Crippen LogP contribution in [0.25, 0.3) is 11.0 Å². The van der Waals surface area contributed by atoms with Crippen LogP contribution in [0.3, 0.4) is 0 Å². The van der Waals surface area contributed by atoms with E-state index in [1.165, 1.54) is 28.4 Å². The highest BCUT2D eigenvalue weighted by molar-refractivity contribution is 7.15. The molecule has 2 aromatic heterocycles. The Hall–Kier alpha value is -3.59. The first-order valence-electron chi connectivity index (χ1n) is 12.5.